The van der Waals surface area contributed by atoms with Crippen molar-refractivity contribution in [3.63, 3.8) is 0 Å². The maximum Gasteiger partial charge on any atom is 0.125 e. The molecule has 1 aliphatic heterocycles. The zero-order valence-corrected chi connectivity index (χ0v) is 11.5. The molecular weight excluding hydrogens is 275 g/mol. The van der Waals surface area contributed by atoms with Gasteiger partial charge in [0, 0.05) is 24.7 Å². The SMILES string of the molecule is N#Cc1ccc(CN2Cc3cc(F)cc(Cl)c3C2)cc1. The molecule has 0 amide bonds. The molecule has 20 heavy (non-hydrogen) atoms. The summed E-state index contributed by atoms with van der Waals surface area (Å²) in [5.74, 6) is -0.283. The lowest BCUT2D eigenvalue weighted by Gasteiger charge is -2.14. The van der Waals surface area contributed by atoms with E-state index < -0.39 is 0 Å². The van der Waals surface area contributed by atoms with Gasteiger partial charge in [-0.3, -0.25) is 4.90 Å². The Labute approximate surface area is 122 Å². The Balaban J connectivity index is 1.75. The number of hydrogen-bond acceptors (Lipinski definition) is 2. The van der Waals surface area contributed by atoms with E-state index in [1.54, 1.807) is 6.07 Å². The van der Waals surface area contributed by atoms with Crippen LogP contribution in [0.25, 0.3) is 0 Å². The second-order valence-corrected chi connectivity index (χ2v) is 5.39. The van der Waals surface area contributed by atoms with Gasteiger partial charge in [-0.2, -0.15) is 5.26 Å². The minimum atomic E-state index is -0.283. The number of benzene rings is 2. The van der Waals surface area contributed by atoms with Crippen LogP contribution in [0.5, 0.6) is 0 Å². The maximum atomic E-state index is 13.3. The Kier molecular flexibility index (Phi) is 3.43. The van der Waals surface area contributed by atoms with Crippen LogP contribution in [-0.4, -0.2) is 4.90 Å². The molecule has 0 unspecified atom stereocenters. The molecule has 1 heterocycles. The molecule has 0 saturated heterocycles. The van der Waals surface area contributed by atoms with Gasteiger partial charge < -0.3 is 0 Å². The average Bonchev–Trinajstić information content (AvgIpc) is 2.82. The molecular formula is C16H12ClFN2. The van der Waals surface area contributed by atoms with Gasteiger partial charge in [0.15, 0.2) is 0 Å². The summed E-state index contributed by atoms with van der Waals surface area (Å²) in [6.07, 6.45) is 0. The number of hydrogen-bond donors (Lipinski definition) is 0. The first-order valence-corrected chi connectivity index (χ1v) is 6.71. The molecule has 1 aliphatic rings. The first kappa shape index (κ1) is 13.1. The highest BCUT2D eigenvalue weighted by atomic mass is 35.5. The Morgan fingerprint density at radius 1 is 1.20 bits per heavy atom. The van der Waals surface area contributed by atoms with Crippen LogP contribution in [0.1, 0.15) is 22.3 Å². The lowest BCUT2D eigenvalue weighted by atomic mass is 10.1. The fourth-order valence-corrected chi connectivity index (χ4v) is 2.84. The average molecular weight is 287 g/mol. The molecule has 0 atom stereocenters. The maximum absolute atomic E-state index is 13.3. The first-order chi connectivity index (χ1) is 9.65. The van der Waals surface area contributed by atoms with E-state index in [-0.39, 0.29) is 5.82 Å². The molecule has 0 fully saturated rings. The van der Waals surface area contributed by atoms with Crippen molar-refractivity contribution in [1.29, 1.82) is 5.26 Å². The largest absolute Gasteiger partial charge is 0.291 e. The summed E-state index contributed by atoms with van der Waals surface area (Å²) in [6.45, 7) is 2.19. The van der Waals surface area contributed by atoms with Gasteiger partial charge >= 0.3 is 0 Å². The van der Waals surface area contributed by atoms with E-state index in [0.717, 1.165) is 29.8 Å². The van der Waals surface area contributed by atoms with Crippen molar-refractivity contribution in [1.82, 2.24) is 4.90 Å². The monoisotopic (exact) mass is 286 g/mol. The minimum absolute atomic E-state index is 0.283. The lowest BCUT2D eigenvalue weighted by molar-refractivity contribution is 0.275. The predicted molar refractivity (Wildman–Crippen MR) is 75.5 cm³/mol. The fourth-order valence-electron chi connectivity index (χ4n) is 2.55. The summed E-state index contributed by atoms with van der Waals surface area (Å²) < 4.78 is 13.3. The van der Waals surface area contributed by atoms with E-state index in [2.05, 4.69) is 11.0 Å². The standard InChI is InChI=1S/C16H12ClFN2/c17-16-6-14(18)5-13-9-20(10-15(13)16)8-12-3-1-11(7-19)2-4-12/h1-6H,8-10H2. The first-order valence-electron chi connectivity index (χ1n) is 6.34. The Bertz CT molecular complexity index is 689. The lowest BCUT2D eigenvalue weighted by Crippen LogP contribution is -2.15. The molecule has 0 bridgehead atoms. The van der Waals surface area contributed by atoms with Crippen molar-refractivity contribution in [3.05, 3.63) is 69.5 Å². The zero-order chi connectivity index (χ0) is 14.1. The summed E-state index contributed by atoms with van der Waals surface area (Å²) in [5, 5.41) is 9.28. The second-order valence-electron chi connectivity index (χ2n) is 4.98. The molecule has 3 rings (SSSR count). The Morgan fingerprint density at radius 2 is 1.95 bits per heavy atom. The van der Waals surface area contributed by atoms with Gasteiger partial charge in [0.25, 0.3) is 0 Å². The van der Waals surface area contributed by atoms with E-state index in [9.17, 15) is 4.39 Å². The number of rotatable bonds is 2. The topological polar surface area (TPSA) is 27.0 Å². The molecule has 0 N–H and O–H groups in total. The number of nitriles is 1. The van der Waals surface area contributed by atoms with Crippen LogP contribution >= 0.6 is 11.6 Å². The summed E-state index contributed by atoms with van der Waals surface area (Å²) in [6, 6.07) is 12.5. The van der Waals surface area contributed by atoms with Gasteiger partial charge in [0.1, 0.15) is 5.82 Å². The third-order valence-electron chi connectivity index (χ3n) is 3.52. The van der Waals surface area contributed by atoms with Crippen molar-refractivity contribution in [2.75, 3.05) is 0 Å². The second kappa shape index (κ2) is 5.24. The quantitative estimate of drug-likeness (QED) is 0.838. The van der Waals surface area contributed by atoms with Gasteiger partial charge in [-0.05, 0) is 41.0 Å². The zero-order valence-electron chi connectivity index (χ0n) is 10.7. The molecule has 0 radical (unpaired) electrons. The number of nitrogens with zero attached hydrogens (tertiary/aromatic N) is 2. The van der Waals surface area contributed by atoms with Crippen molar-refractivity contribution in [2.45, 2.75) is 19.6 Å². The number of fused-ring (bicyclic) bond motifs is 1. The van der Waals surface area contributed by atoms with Crippen LogP contribution in [0.2, 0.25) is 5.02 Å². The van der Waals surface area contributed by atoms with Gasteiger partial charge in [-0.25, -0.2) is 4.39 Å². The van der Waals surface area contributed by atoms with E-state index >= 15 is 0 Å². The van der Waals surface area contributed by atoms with Crippen LogP contribution in [0, 0.1) is 17.1 Å². The Hall–Kier alpha value is -1.89. The highest BCUT2D eigenvalue weighted by Gasteiger charge is 2.22. The van der Waals surface area contributed by atoms with Crippen LogP contribution in [-0.2, 0) is 19.6 Å². The van der Waals surface area contributed by atoms with Gasteiger partial charge in [-0.1, -0.05) is 23.7 Å². The predicted octanol–water partition coefficient (Wildman–Crippen LogP) is 3.87. The smallest absolute Gasteiger partial charge is 0.125 e. The van der Waals surface area contributed by atoms with E-state index in [4.69, 9.17) is 16.9 Å². The molecule has 0 aromatic heterocycles. The summed E-state index contributed by atoms with van der Waals surface area (Å²) in [7, 11) is 0. The summed E-state index contributed by atoms with van der Waals surface area (Å²) in [5.41, 5.74) is 3.77. The molecule has 0 aliphatic carbocycles. The molecule has 2 aromatic carbocycles. The van der Waals surface area contributed by atoms with Gasteiger partial charge in [0.2, 0.25) is 0 Å². The third-order valence-corrected chi connectivity index (χ3v) is 3.85. The Morgan fingerprint density at radius 3 is 2.65 bits per heavy atom. The number of halogens is 2. The summed E-state index contributed by atoms with van der Waals surface area (Å²) in [4.78, 5) is 2.21. The fraction of sp³-hybridized carbons (Fsp3) is 0.188. The van der Waals surface area contributed by atoms with Crippen LogP contribution in [0.3, 0.4) is 0 Å². The third kappa shape index (κ3) is 2.53. The molecule has 2 aromatic rings. The van der Waals surface area contributed by atoms with Crippen LogP contribution in [0.4, 0.5) is 4.39 Å². The molecule has 0 spiro atoms. The molecule has 4 heteroatoms. The van der Waals surface area contributed by atoms with Crippen molar-refractivity contribution < 1.29 is 4.39 Å². The van der Waals surface area contributed by atoms with Crippen molar-refractivity contribution in [2.24, 2.45) is 0 Å². The normalized spacial score (nSPS) is 14.1. The van der Waals surface area contributed by atoms with Crippen molar-refractivity contribution in [3.8, 4) is 6.07 Å². The molecule has 0 saturated carbocycles. The van der Waals surface area contributed by atoms with Gasteiger partial charge in [-0.15, -0.1) is 0 Å². The van der Waals surface area contributed by atoms with E-state index in [1.807, 2.05) is 24.3 Å². The van der Waals surface area contributed by atoms with E-state index in [0.29, 0.717) is 17.1 Å². The molecule has 2 nitrogen and oxygen atoms in total. The highest BCUT2D eigenvalue weighted by Crippen LogP contribution is 2.31. The highest BCUT2D eigenvalue weighted by molar-refractivity contribution is 6.31. The van der Waals surface area contributed by atoms with Gasteiger partial charge in [0.05, 0.1) is 11.6 Å². The molecule has 100 valence electrons. The van der Waals surface area contributed by atoms with Crippen molar-refractivity contribution >= 4 is 11.6 Å². The van der Waals surface area contributed by atoms with Crippen LogP contribution < -0.4 is 0 Å². The van der Waals surface area contributed by atoms with Crippen LogP contribution in [0.15, 0.2) is 36.4 Å². The summed E-state index contributed by atoms with van der Waals surface area (Å²) >= 11 is 6.08. The minimum Gasteiger partial charge on any atom is -0.291 e. The van der Waals surface area contributed by atoms with E-state index in [1.165, 1.54) is 6.07 Å².